The number of amides is 2. The van der Waals surface area contributed by atoms with Crippen molar-refractivity contribution >= 4 is 17.8 Å². The molecule has 0 rings (SSSR count). The van der Waals surface area contributed by atoms with Gasteiger partial charge in [0, 0.05) is 26.7 Å². The zero-order valence-electron chi connectivity index (χ0n) is 21.2. The van der Waals surface area contributed by atoms with Crippen molar-refractivity contribution in [3.8, 4) is 0 Å². The first-order valence-electron chi connectivity index (χ1n) is 10.3. The van der Waals surface area contributed by atoms with Crippen LogP contribution in [-0.2, 0) is 14.4 Å². The summed E-state index contributed by atoms with van der Waals surface area (Å²) in [5.41, 5.74) is 0. The van der Waals surface area contributed by atoms with E-state index in [2.05, 4.69) is 5.32 Å². The van der Waals surface area contributed by atoms with Crippen LogP contribution in [-0.4, -0.2) is 34.9 Å². The predicted octanol–water partition coefficient (Wildman–Crippen LogP) is 2.18. The van der Waals surface area contributed by atoms with E-state index in [-0.39, 0.29) is 0 Å². The molecule has 0 saturated heterocycles. The van der Waals surface area contributed by atoms with E-state index in [0.717, 1.165) is 6.92 Å². The van der Waals surface area contributed by atoms with E-state index in [9.17, 15) is 14.4 Å². The molecule has 3 N–H and O–H groups in total. The Labute approximate surface area is 143 Å². The molecule has 2 atom stereocenters. The molecule has 6 nitrogen and oxygen atoms in total. The van der Waals surface area contributed by atoms with Crippen molar-refractivity contribution in [1.82, 2.24) is 10.6 Å². The molecular weight excluding hydrogens is 284 g/mol. The van der Waals surface area contributed by atoms with Gasteiger partial charge in [-0.15, -0.1) is 0 Å². The number of carboxylic acids is 1. The lowest BCUT2D eigenvalue weighted by Gasteiger charge is -2.14. The summed E-state index contributed by atoms with van der Waals surface area (Å²) in [5.74, 6) is -5.10. The van der Waals surface area contributed by atoms with E-state index >= 15 is 0 Å². The van der Waals surface area contributed by atoms with Gasteiger partial charge in [-0.2, -0.15) is 0 Å². The minimum absolute atomic E-state index is 0.476. The summed E-state index contributed by atoms with van der Waals surface area (Å²) in [6.45, 7) is 9.18. The predicted molar refractivity (Wildman–Crippen MR) is 87.4 cm³/mol. The van der Waals surface area contributed by atoms with Crippen molar-refractivity contribution in [3.05, 3.63) is 0 Å². The highest BCUT2D eigenvalue weighted by Gasteiger charge is 2.18. The highest BCUT2D eigenvalue weighted by atomic mass is 16.4. The molecular formula is C16H32N2O4. The normalized spacial score (nSPS) is 22.3. The summed E-state index contributed by atoms with van der Waals surface area (Å²) in [6.07, 6.45) is -4.49. The van der Waals surface area contributed by atoms with E-state index in [1.54, 1.807) is 0 Å². The molecule has 0 radical (unpaired) electrons. The number of hydrogen-bond acceptors (Lipinski definition) is 3. The molecule has 6 heteroatoms. The average molecular weight is 323 g/mol. The van der Waals surface area contributed by atoms with Crippen molar-refractivity contribution in [1.29, 1.82) is 0 Å². The van der Waals surface area contributed by atoms with Gasteiger partial charge in [-0.25, -0.2) is 4.79 Å². The molecule has 0 heterocycles. The smallest absolute Gasteiger partial charge is 0.326 e. The maximum Gasteiger partial charge on any atom is 0.326 e. The first kappa shape index (κ1) is 11.9. The highest BCUT2D eigenvalue weighted by molar-refractivity contribution is 5.82. The molecule has 0 aromatic heterocycles. The van der Waals surface area contributed by atoms with E-state index < -0.39 is 54.4 Å². The van der Waals surface area contributed by atoms with Crippen LogP contribution in [0.2, 0.25) is 0 Å². The van der Waals surface area contributed by atoms with Crippen LogP contribution in [0.4, 0.5) is 0 Å². The van der Waals surface area contributed by atoms with Gasteiger partial charge in [-0.1, -0.05) is 27.7 Å². The topological polar surface area (TPSA) is 95.5 Å². The molecule has 0 aliphatic rings. The number of aliphatic carboxylic acids is 1. The largest absolute Gasteiger partial charge is 0.480 e. The van der Waals surface area contributed by atoms with Crippen molar-refractivity contribution in [2.75, 3.05) is 0 Å². The van der Waals surface area contributed by atoms with Crippen LogP contribution in [0, 0.1) is 11.8 Å². The molecule has 2 unspecified atom stereocenters. The SMILES string of the molecule is [2H]C(C)(C)C([2H])([2H])C([2H])(C)NC(C)=O.[2H]C(NC(C)=O)(C(=O)O)C([2H])([2H])C(C)C. The minimum atomic E-state index is -2.66. The number of carboxylic acid groups (broad SMARTS) is 1. The summed E-state index contributed by atoms with van der Waals surface area (Å²) < 4.78 is 53.2. The molecule has 0 fully saturated rings. The van der Waals surface area contributed by atoms with Crippen LogP contribution in [0.1, 0.15) is 70.8 Å². The Kier molecular flexibility index (Phi) is 6.50. The summed E-state index contributed by atoms with van der Waals surface area (Å²) in [4.78, 5) is 32.4. The first-order valence-corrected chi connectivity index (χ1v) is 6.78. The lowest BCUT2D eigenvalue weighted by Crippen LogP contribution is -2.40. The molecule has 0 spiro atoms. The summed E-state index contributed by atoms with van der Waals surface area (Å²) in [5, 5.41) is 12.9. The van der Waals surface area contributed by atoms with Crippen molar-refractivity contribution < 1.29 is 29.1 Å². The molecule has 0 aromatic rings. The van der Waals surface area contributed by atoms with Crippen LogP contribution in [0.25, 0.3) is 0 Å². The van der Waals surface area contributed by atoms with Crippen LogP contribution in [0.5, 0.6) is 0 Å². The van der Waals surface area contributed by atoms with Gasteiger partial charge in [0.2, 0.25) is 11.8 Å². The van der Waals surface area contributed by atoms with Gasteiger partial charge in [0.1, 0.15) is 6.02 Å². The van der Waals surface area contributed by atoms with Gasteiger partial charge < -0.3 is 15.7 Å². The molecule has 2 amide bonds. The van der Waals surface area contributed by atoms with Gasteiger partial charge in [-0.05, 0) is 31.5 Å². The van der Waals surface area contributed by atoms with E-state index in [1.807, 2.05) is 5.32 Å². The zero-order chi connectivity index (χ0) is 24.2. The number of nitrogens with one attached hydrogen (secondary N) is 2. The Hall–Kier alpha value is -1.59. The van der Waals surface area contributed by atoms with Crippen LogP contribution < -0.4 is 10.6 Å². The van der Waals surface area contributed by atoms with Gasteiger partial charge in [-0.3, -0.25) is 9.59 Å². The quantitative estimate of drug-likeness (QED) is 0.669. The van der Waals surface area contributed by atoms with Crippen molar-refractivity contribution in [2.24, 2.45) is 11.8 Å². The van der Waals surface area contributed by atoms with Crippen LogP contribution in [0.3, 0.4) is 0 Å². The number of rotatable bonds is 7. The van der Waals surface area contributed by atoms with Crippen LogP contribution >= 0.6 is 0 Å². The molecule has 0 aliphatic carbocycles. The third kappa shape index (κ3) is 16.5. The second-order valence-electron chi connectivity index (χ2n) is 5.09. The molecule has 130 valence electrons. The second-order valence-corrected chi connectivity index (χ2v) is 5.09. The van der Waals surface area contributed by atoms with E-state index in [4.69, 9.17) is 14.7 Å². The zero-order valence-corrected chi connectivity index (χ0v) is 14.2. The maximum atomic E-state index is 10.9. The molecule has 0 bridgehead atoms. The highest BCUT2D eigenvalue weighted by Crippen LogP contribution is 2.04. The fourth-order valence-corrected chi connectivity index (χ4v) is 1.29. The van der Waals surface area contributed by atoms with Gasteiger partial charge in [0.05, 0.1) is 2.74 Å². The minimum Gasteiger partial charge on any atom is -0.480 e. The summed E-state index contributed by atoms with van der Waals surface area (Å²) >= 11 is 0. The summed E-state index contributed by atoms with van der Waals surface area (Å²) in [6, 6.07) is -4.46. The Balaban J connectivity index is 0. The third-order valence-electron chi connectivity index (χ3n) is 1.75. The molecule has 22 heavy (non-hydrogen) atoms. The monoisotopic (exact) mass is 323 g/mol. The molecule has 0 aliphatic heterocycles. The maximum absolute atomic E-state index is 10.9. The van der Waals surface area contributed by atoms with Crippen molar-refractivity contribution in [2.45, 2.75) is 73.2 Å². The summed E-state index contributed by atoms with van der Waals surface area (Å²) in [7, 11) is 0. The van der Waals surface area contributed by atoms with Gasteiger partial charge >= 0.3 is 5.97 Å². The number of carbonyl (C=O) groups excluding carboxylic acids is 2. The Morgan fingerprint density at radius 3 is 1.73 bits per heavy atom. The third-order valence-corrected chi connectivity index (χ3v) is 1.75. The average Bonchev–Trinajstić information content (AvgIpc) is 2.43. The Morgan fingerprint density at radius 2 is 1.45 bits per heavy atom. The standard InChI is InChI=1S/C8H15NO3.C8H17NO/c1-5(2)4-7(8(11)12)9-6(3)10;1-6(2)5-7(3)9-8(4)10/h5,7H,4H2,1-3H3,(H,9,10)(H,11,12);6-7H,5H2,1-4H3,(H,9,10)/i4D2,7D;5D2,6D,7D. The lowest BCUT2D eigenvalue weighted by atomic mass is 10.0. The fourth-order valence-electron chi connectivity index (χ4n) is 1.29. The molecule has 0 saturated carbocycles. The van der Waals surface area contributed by atoms with E-state index in [0.29, 0.717) is 0 Å². The van der Waals surface area contributed by atoms with E-state index in [1.165, 1.54) is 41.5 Å². The second kappa shape index (κ2) is 12.0. The number of carbonyl (C=O) groups is 3. The van der Waals surface area contributed by atoms with Gasteiger partial charge in [0.15, 0.2) is 0 Å². The number of hydrogen-bond donors (Lipinski definition) is 3. The lowest BCUT2D eigenvalue weighted by molar-refractivity contribution is -0.142. The Bertz CT molecular complexity index is 619. The Morgan fingerprint density at radius 1 is 1.00 bits per heavy atom. The van der Waals surface area contributed by atoms with Gasteiger partial charge in [0.25, 0.3) is 0 Å². The van der Waals surface area contributed by atoms with Crippen LogP contribution in [0.15, 0.2) is 0 Å². The first-order chi connectivity index (χ1) is 12.5. The fraction of sp³-hybridized carbons (Fsp3) is 0.812. The molecule has 0 aromatic carbocycles. The van der Waals surface area contributed by atoms with Crippen molar-refractivity contribution in [3.63, 3.8) is 0 Å².